The summed E-state index contributed by atoms with van der Waals surface area (Å²) in [6.07, 6.45) is 7.27. The SMILES string of the molecule is CCOc1ccc(C(=O)CC)c(O)c1C/C=C(\C)CCC=C(C)C. The van der Waals surface area contributed by atoms with E-state index < -0.39 is 0 Å². The van der Waals surface area contributed by atoms with Crippen molar-refractivity contribution in [2.24, 2.45) is 0 Å². The van der Waals surface area contributed by atoms with Gasteiger partial charge >= 0.3 is 0 Å². The molecule has 132 valence electrons. The molecule has 1 aromatic carbocycles. The lowest BCUT2D eigenvalue weighted by molar-refractivity contribution is 0.0985. The van der Waals surface area contributed by atoms with Crippen LogP contribution in [0.5, 0.6) is 11.5 Å². The highest BCUT2D eigenvalue weighted by atomic mass is 16.5. The van der Waals surface area contributed by atoms with Crippen molar-refractivity contribution in [3.05, 3.63) is 46.6 Å². The molecule has 0 aliphatic carbocycles. The molecular formula is C21H30O3. The minimum atomic E-state index is -0.0546. The predicted octanol–water partition coefficient (Wildman–Crippen LogP) is 5.62. The quantitative estimate of drug-likeness (QED) is 0.472. The second-order valence-corrected chi connectivity index (χ2v) is 6.22. The van der Waals surface area contributed by atoms with Crippen molar-refractivity contribution in [2.45, 2.75) is 60.3 Å². The van der Waals surface area contributed by atoms with Gasteiger partial charge in [-0.1, -0.05) is 30.2 Å². The van der Waals surface area contributed by atoms with Gasteiger partial charge in [-0.15, -0.1) is 0 Å². The molecular weight excluding hydrogens is 300 g/mol. The summed E-state index contributed by atoms with van der Waals surface area (Å²) < 4.78 is 5.62. The number of ketones is 1. The lowest BCUT2D eigenvalue weighted by Gasteiger charge is -2.14. The summed E-state index contributed by atoms with van der Waals surface area (Å²) in [4.78, 5) is 12.0. The van der Waals surface area contributed by atoms with Crippen LogP contribution in [0.2, 0.25) is 0 Å². The minimum absolute atomic E-state index is 0.0546. The van der Waals surface area contributed by atoms with Crippen molar-refractivity contribution in [1.82, 2.24) is 0 Å². The van der Waals surface area contributed by atoms with Crippen LogP contribution >= 0.6 is 0 Å². The third-order valence-electron chi connectivity index (χ3n) is 3.91. The van der Waals surface area contributed by atoms with E-state index in [0.717, 1.165) is 12.8 Å². The van der Waals surface area contributed by atoms with Crippen molar-refractivity contribution >= 4 is 5.78 Å². The molecule has 0 heterocycles. The Balaban J connectivity index is 3.02. The Morgan fingerprint density at radius 1 is 1.17 bits per heavy atom. The van der Waals surface area contributed by atoms with Gasteiger partial charge in [0.15, 0.2) is 5.78 Å². The maximum Gasteiger partial charge on any atom is 0.166 e. The summed E-state index contributed by atoms with van der Waals surface area (Å²) in [7, 11) is 0. The van der Waals surface area contributed by atoms with Crippen LogP contribution in [-0.4, -0.2) is 17.5 Å². The summed E-state index contributed by atoms with van der Waals surface area (Å²) in [6.45, 7) is 10.5. The molecule has 0 atom stereocenters. The van der Waals surface area contributed by atoms with Crippen LogP contribution in [0.4, 0.5) is 0 Å². The second kappa shape index (κ2) is 9.96. The molecule has 0 saturated carbocycles. The number of phenolic OH excluding ortho intramolecular Hbond substituents is 1. The first-order valence-corrected chi connectivity index (χ1v) is 8.70. The largest absolute Gasteiger partial charge is 0.507 e. The Morgan fingerprint density at radius 3 is 2.46 bits per heavy atom. The average molecular weight is 330 g/mol. The number of carbonyl (C=O) groups excluding carboxylic acids is 1. The molecule has 3 heteroatoms. The van der Waals surface area contributed by atoms with Gasteiger partial charge in [-0.25, -0.2) is 0 Å². The molecule has 0 aromatic heterocycles. The summed E-state index contributed by atoms with van der Waals surface area (Å²) in [5, 5.41) is 10.5. The lowest BCUT2D eigenvalue weighted by Crippen LogP contribution is -2.03. The fourth-order valence-corrected chi connectivity index (χ4v) is 2.49. The molecule has 0 unspecified atom stereocenters. The molecule has 0 spiro atoms. The number of benzene rings is 1. The van der Waals surface area contributed by atoms with Crippen LogP contribution in [0.3, 0.4) is 0 Å². The van der Waals surface area contributed by atoms with Gasteiger partial charge in [-0.2, -0.15) is 0 Å². The van der Waals surface area contributed by atoms with Crippen molar-refractivity contribution in [3.63, 3.8) is 0 Å². The smallest absolute Gasteiger partial charge is 0.166 e. The molecule has 0 aliphatic heterocycles. The molecule has 24 heavy (non-hydrogen) atoms. The van der Waals surface area contributed by atoms with Crippen LogP contribution in [0.1, 0.15) is 69.8 Å². The van der Waals surface area contributed by atoms with Gasteiger partial charge in [0.25, 0.3) is 0 Å². The van der Waals surface area contributed by atoms with Crippen LogP contribution in [0, 0.1) is 0 Å². The van der Waals surface area contributed by atoms with Gasteiger partial charge in [0.05, 0.1) is 12.2 Å². The maximum atomic E-state index is 12.0. The lowest BCUT2D eigenvalue weighted by atomic mass is 9.99. The zero-order valence-corrected chi connectivity index (χ0v) is 15.6. The first-order valence-electron chi connectivity index (χ1n) is 8.70. The number of aromatic hydroxyl groups is 1. The number of rotatable bonds is 9. The monoisotopic (exact) mass is 330 g/mol. The second-order valence-electron chi connectivity index (χ2n) is 6.22. The fourth-order valence-electron chi connectivity index (χ4n) is 2.49. The van der Waals surface area contributed by atoms with Gasteiger partial charge in [0.2, 0.25) is 0 Å². The third-order valence-corrected chi connectivity index (χ3v) is 3.91. The highest BCUT2D eigenvalue weighted by molar-refractivity contribution is 5.99. The van der Waals surface area contributed by atoms with E-state index in [1.807, 2.05) is 6.92 Å². The van der Waals surface area contributed by atoms with E-state index in [2.05, 4.69) is 32.9 Å². The minimum Gasteiger partial charge on any atom is -0.507 e. The van der Waals surface area contributed by atoms with Crippen LogP contribution < -0.4 is 4.74 Å². The molecule has 0 aliphatic rings. The van der Waals surface area contributed by atoms with E-state index in [1.165, 1.54) is 11.1 Å². The Kier molecular flexibility index (Phi) is 8.31. The Labute approximate surface area is 146 Å². The molecule has 0 amide bonds. The van der Waals surface area contributed by atoms with Gasteiger partial charge in [-0.3, -0.25) is 4.79 Å². The fraction of sp³-hybridized carbons (Fsp3) is 0.476. The highest BCUT2D eigenvalue weighted by Crippen LogP contribution is 2.33. The van der Waals surface area contributed by atoms with Crippen LogP contribution in [0.25, 0.3) is 0 Å². The number of ether oxygens (including phenoxy) is 1. The van der Waals surface area contributed by atoms with E-state index in [-0.39, 0.29) is 11.5 Å². The Hall–Kier alpha value is -2.03. The molecule has 0 saturated heterocycles. The maximum absolute atomic E-state index is 12.0. The number of carbonyl (C=O) groups is 1. The molecule has 1 aromatic rings. The molecule has 1 N–H and O–H groups in total. The van der Waals surface area contributed by atoms with E-state index in [1.54, 1.807) is 19.1 Å². The topological polar surface area (TPSA) is 46.5 Å². The van der Waals surface area contributed by atoms with E-state index >= 15 is 0 Å². The molecule has 0 bridgehead atoms. The van der Waals surface area contributed by atoms with Crippen molar-refractivity contribution < 1.29 is 14.6 Å². The van der Waals surface area contributed by atoms with Crippen LogP contribution in [-0.2, 0) is 6.42 Å². The Morgan fingerprint density at radius 2 is 1.88 bits per heavy atom. The highest BCUT2D eigenvalue weighted by Gasteiger charge is 2.16. The van der Waals surface area contributed by atoms with Crippen molar-refractivity contribution in [3.8, 4) is 11.5 Å². The number of Topliss-reactive ketones (excluding diaryl/α,β-unsaturated/α-hetero) is 1. The van der Waals surface area contributed by atoms with Crippen molar-refractivity contribution in [2.75, 3.05) is 6.61 Å². The van der Waals surface area contributed by atoms with Gasteiger partial charge in [0, 0.05) is 12.0 Å². The molecule has 1 rings (SSSR count). The van der Waals surface area contributed by atoms with E-state index in [4.69, 9.17) is 4.74 Å². The molecule has 3 nitrogen and oxygen atoms in total. The number of hydrogen-bond acceptors (Lipinski definition) is 3. The third kappa shape index (κ3) is 5.88. The normalized spacial score (nSPS) is 11.3. The van der Waals surface area contributed by atoms with E-state index in [0.29, 0.717) is 36.3 Å². The predicted molar refractivity (Wildman–Crippen MR) is 100 cm³/mol. The Bertz CT molecular complexity index is 620. The first kappa shape index (κ1) is 20.0. The zero-order valence-electron chi connectivity index (χ0n) is 15.6. The summed E-state index contributed by atoms with van der Waals surface area (Å²) in [5.41, 5.74) is 3.66. The number of phenols is 1. The van der Waals surface area contributed by atoms with Gasteiger partial charge in [0.1, 0.15) is 11.5 Å². The average Bonchev–Trinajstić information content (AvgIpc) is 2.53. The standard InChI is InChI=1S/C21H30O3/c1-6-19(22)17-13-14-20(24-7-2)18(21(17)23)12-11-16(5)10-8-9-15(3)4/h9,11,13-14,23H,6-8,10,12H2,1-5H3/b16-11+. The van der Waals surface area contributed by atoms with E-state index in [9.17, 15) is 9.90 Å². The molecule has 0 radical (unpaired) electrons. The van der Waals surface area contributed by atoms with Crippen molar-refractivity contribution in [1.29, 1.82) is 0 Å². The molecule has 0 fully saturated rings. The van der Waals surface area contributed by atoms with Crippen LogP contribution in [0.15, 0.2) is 35.4 Å². The van der Waals surface area contributed by atoms with Gasteiger partial charge < -0.3 is 9.84 Å². The summed E-state index contributed by atoms with van der Waals surface area (Å²) in [6, 6.07) is 3.44. The summed E-state index contributed by atoms with van der Waals surface area (Å²) in [5.74, 6) is 0.651. The zero-order chi connectivity index (χ0) is 18.1. The first-order chi connectivity index (χ1) is 11.4. The number of allylic oxidation sites excluding steroid dienone is 4. The number of hydrogen-bond donors (Lipinski definition) is 1. The summed E-state index contributed by atoms with van der Waals surface area (Å²) >= 11 is 0. The van der Waals surface area contributed by atoms with Gasteiger partial charge in [-0.05, 0) is 59.1 Å².